The molecule has 2 saturated heterocycles. The molecule has 21 heteroatoms. The predicted molar refractivity (Wildman–Crippen MR) is 274 cm³/mol. The fourth-order valence-corrected chi connectivity index (χ4v) is 10.0. The number of aryl methyl sites for hydroxylation is 4. The summed E-state index contributed by atoms with van der Waals surface area (Å²) in [4.78, 5) is 88.9. The Labute approximate surface area is 427 Å². The Morgan fingerprint density at radius 3 is 2.57 bits per heavy atom. The number of nitro groups is 1. The van der Waals surface area contributed by atoms with E-state index in [1.807, 2.05) is 6.92 Å². The van der Waals surface area contributed by atoms with Gasteiger partial charge in [0.15, 0.2) is 18.3 Å². The van der Waals surface area contributed by atoms with Gasteiger partial charge in [0.2, 0.25) is 5.78 Å². The van der Waals surface area contributed by atoms with Crippen LogP contribution in [0, 0.1) is 17.0 Å². The van der Waals surface area contributed by atoms with E-state index in [1.165, 1.54) is 23.1 Å². The smallest absolute Gasteiger partial charge is 0.416 e. The number of benzene rings is 2. The molecule has 0 saturated carbocycles. The van der Waals surface area contributed by atoms with Crippen LogP contribution in [-0.4, -0.2) is 116 Å². The first-order valence-electron chi connectivity index (χ1n) is 24.7. The number of rotatable bonds is 18. The first-order chi connectivity index (χ1) is 35.6. The summed E-state index contributed by atoms with van der Waals surface area (Å²) in [5.74, 6) is 0.0633. The largest absolute Gasteiger partial charge is 0.493 e. The summed E-state index contributed by atoms with van der Waals surface area (Å²) < 4.78 is 29.3. The van der Waals surface area contributed by atoms with Gasteiger partial charge >= 0.3 is 6.09 Å². The number of unbranched alkanes of at least 4 members (excludes halogenated alkanes) is 1. The number of hydrogen-bond donors (Lipinski definition) is 2. The Hall–Kier alpha value is -8.04. The summed E-state index contributed by atoms with van der Waals surface area (Å²) in [6.45, 7) is 11.8. The van der Waals surface area contributed by atoms with Crippen molar-refractivity contribution in [3.63, 3.8) is 0 Å². The third-order valence-corrected chi connectivity index (χ3v) is 13.7. The van der Waals surface area contributed by atoms with Gasteiger partial charge in [0.1, 0.15) is 29.6 Å². The fourth-order valence-electron chi connectivity index (χ4n) is 10.0. The number of ketones is 1. The maximum atomic E-state index is 14.2. The number of non-ortho nitro benzene ring substituents is 1. The van der Waals surface area contributed by atoms with E-state index in [4.69, 9.17) is 18.9 Å². The molecule has 7 heterocycles. The van der Waals surface area contributed by atoms with Gasteiger partial charge in [0.05, 0.1) is 34.5 Å². The maximum absolute atomic E-state index is 14.2. The highest BCUT2D eigenvalue weighted by Gasteiger charge is 2.48. The Bertz CT molecular complexity index is 3060. The molecule has 2 N–H and O–H groups in total. The van der Waals surface area contributed by atoms with Crippen molar-refractivity contribution < 1.29 is 47.8 Å². The number of nitrogens with zero attached hydrogens (tertiary/aromatic N) is 8. The Balaban J connectivity index is 0.783. The molecule has 388 valence electrons. The van der Waals surface area contributed by atoms with Crippen LogP contribution in [0.2, 0.25) is 0 Å². The number of anilines is 4. The van der Waals surface area contributed by atoms with Crippen LogP contribution >= 0.6 is 0 Å². The third kappa shape index (κ3) is 10.6. The molecular formula is C53H60N10O11. The van der Waals surface area contributed by atoms with Gasteiger partial charge in [0.25, 0.3) is 23.4 Å². The zero-order valence-electron chi connectivity index (χ0n) is 42.0. The SMILES string of the molecule is C=CCOC(=O)N1c2cc(OCCCCNc3cn(C)c(C(=O)Cc4cc(C(=O)Nc5cc(C(=O)N6CCc7cc([N+](=O)[O-])ccc76)n(C)c5)n(C)c4)n3)c(C)cc2C(=O)N2CC(=C)C[C@H]2C1OC1CCCCO1. The number of amides is 4. The van der Waals surface area contributed by atoms with Crippen LogP contribution in [0.5, 0.6) is 5.75 Å². The van der Waals surface area contributed by atoms with E-state index in [9.17, 15) is 34.1 Å². The number of aromatic nitrogens is 4. The second-order valence-electron chi connectivity index (χ2n) is 19.1. The number of nitro benzene ring substituents is 1. The second-order valence-corrected chi connectivity index (χ2v) is 19.1. The minimum Gasteiger partial charge on any atom is -0.493 e. The van der Waals surface area contributed by atoms with Crippen LogP contribution in [-0.2, 0) is 48.2 Å². The molecule has 4 aliphatic rings. The van der Waals surface area contributed by atoms with Gasteiger partial charge in [-0.2, -0.15) is 0 Å². The average molecular weight is 1010 g/mol. The lowest BCUT2D eigenvalue weighted by Crippen LogP contribution is -2.54. The van der Waals surface area contributed by atoms with E-state index >= 15 is 0 Å². The van der Waals surface area contributed by atoms with Crippen LogP contribution in [0.25, 0.3) is 0 Å². The lowest BCUT2D eigenvalue weighted by Gasteiger charge is -2.38. The molecule has 4 aliphatic heterocycles. The van der Waals surface area contributed by atoms with Crippen molar-refractivity contribution in [3.05, 3.63) is 135 Å². The van der Waals surface area contributed by atoms with E-state index in [-0.39, 0.29) is 42.1 Å². The Morgan fingerprint density at radius 2 is 1.80 bits per heavy atom. The molecule has 3 atom stereocenters. The minimum atomic E-state index is -0.911. The number of carbonyl (C=O) groups excluding carboxylic acids is 5. The van der Waals surface area contributed by atoms with Crippen LogP contribution in [0.3, 0.4) is 0 Å². The lowest BCUT2D eigenvalue weighted by atomic mass is 10.1. The molecule has 2 aromatic carbocycles. The van der Waals surface area contributed by atoms with E-state index in [1.54, 1.807) is 93.6 Å². The van der Waals surface area contributed by atoms with E-state index < -0.39 is 35.5 Å². The maximum Gasteiger partial charge on any atom is 0.416 e. The first-order valence-corrected chi connectivity index (χ1v) is 24.7. The van der Waals surface area contributed by atoms with Gasteiger partial charge in [-0.3, -0.25) is 29.3 Å². The number of carbonyl (C=O) groups is 5. The number of Topliss-reactive ketones (excluding diaryl/α,β-unsaturated/α-hetero) is 1. The molecule has 5 aromatic rings. The Kier molecular flexibility index (Phi) is 14.8. The average Bonchev–Trinajstić information content (AvgIpc) is 4.22. The standard InChI is InChI=1S/C53H60N10O11/c1-7-18-73-53(68)62-40-27-45(33(3)22-38(40)50(66)61-28-32(2)21-43(61)52(62)74-47-12-8-10-20-72-47)71-19-11-9-16-54-46-31-59(6)48(56-46)44(64)24-34-23-41(57(4)29-34)49(65)55-36-26-42(58(5)30-36)51(67)60-17-15-35-25-37(63(69)70)13-14-39(35)60/h7,13-14,22-23,25-27,29-31,43,47,52,54H,1-2,8-12,15-21,24,28H2,3-6H3,(H,55,65)/t43-,47?,52?/m0/s1. The summed E-state index contributed by atoms with van der Waals surface area (Å²) in [5, 5.41) is 17.4. The summed E-state index contributed by atoms with van der Waals surface area (Å²) in [6.07, 6.45) is 9.17. The monoisotopic (exact) mass is 1010 g/mol. The number of hydrogen-bond acceptors (Lipinski definition) is 13. The number of imidazole rings is 1. The minimum absolute atomic E-state index is 0.00550. The number of ether oxygens (including phenoxy) is 4. The van der Waals surface area contributed by atoms with Crippen LogP contribution < -0.4 is 25.2 Å². The zero-order valence-corrected chi connectivity index (χ0v) is 42.0. The number of nitrogens with one attached hydrogen (secondary N) is 2. The van der Waals surface area contributed by atoms with Crippen LogP contribution in [0.4, 0.5) is 33.4 Å². The fraction of sp³-hybridized carbons (Fsp3) is 0.396. The van der Waals surface area contributed by atoms with Gasteiger partial charge in [-0.25, -0.2) is 14.7 Å². The topological polar surface area (TPSA) is 227 Å². The quantitative estimate of drug-likeness (QED) is 0.0290. The van der Waals surface area contributed by atoms with Crippen molar-refractivity contribution in [1.82, 2.24) is 23.6 Å². The van der Waals surface area contributed by atoms with Gasteiger partial charge < -0.3 is 53.1 Å². The summed E-state index contributed by atoms with van der Waals surface area (Å²) in [5.41, 5.74) is 5.19. The van der Waals surface area contributed by atoms with E-state index in [2.05, 4.69) is 28.8 Å². The molecule has 21 nitrogen and oxygen atoms in total. The van der Waals surface area contributed by atoms with Crippen molar-refractivity contribution in [3.8, 4) is 5.75 Å². The first kappa shape index (κ1) is 50.9. The third-order valence-electron chi connectivity index (χ3n) is 13.7. The zero-order chi connectivity index (χ0) is 52.4. The Morgan fingerprint density at radius 1 is 0.986 bits per heavy atom. The summed E-state index contributed by atoms with van der Waals surface area (Å²) in [7, 11) is 5.15. The molecule has 0 aliphatic carbocycles. The van der Waals surface area contributed by atoms with Crippen molar-refractivity contribution in [2.75, 3.05) is 59.9 Å². The van der Waals surface area contributed by atoms with E-state index in [0.29, 0.717) is 116 Å². The molecule has 3 aromatic heterocycles. The van der Waals surface area contributed by atoms with Gasteiger partial charge in [-0.05, 0) is 92.8 Å². The molecule has 2 fully saturated rings. The molecule has 2 unspecified atom stereocenters. The molecule has 0 radical (unpaired) electrons. The molecular weight excluding hydrogens is 953 g/mol. The van der Waals surface area contributed by atoms with Crippen molar-refractivity contribution >= 4 is 58.2 Å². The molecule has 4 amide bonds. The summed E-state index contributed by atoms with van der Waals surface area (Å²) in [6, 6.07) is 10.6. The number of fused-ring (bicyclic) bond motifs is 3. The van der Waals surface area contributed by atoms with Crippen molar-refractivity contribution in [2.24, 2.45) is 21.1 Å². The summed E-state index contributed by atoms with van der Waals surface area (Å²) >= 11 is 0. The normalized spacial score (nSPS) is 18.1. The molecule has 0 bridgehead atoms. The van der Waals surface area contributed by atoms with Crippen LogP contribution in [0.15, 0.2) is 85.9 Å². The molecule has 0 spiro atoms. The van der Waals surface area contributed by atoms with E-state index in [0.717, 1.165) is 29.5 Å². The molecule has 9 rings (SSSR count). The van der Waals surface area contributed by atoms with Crippen molar-refractivity contribution in [1.29, 1.82) is 0 Å². The second kappa shape index (κ2) is 21.6. The van der Waals surface area contributed by atoms with Gasteiger partial charge in [0, 0.05) is 96.3 Å². The van der Waals surface area contributed by atoms with Crippen LogP contribution in [0.1, 0.15) is 97.2 Å². The predicted octanol–water partition coefficient (Wildman–Crippen LogP) is 7.25. The van der Waals surface area contributed by atoms with Gasteiger partial charge in [-0.15, -0.1) is 0 Å². The lowest BCUT2D eigenvalue weighted by molar-refractivity contribution is -0.384. The highest BCUT2D eigenvalue weighted by Crippen LogP contribution is 2.41. The van der Waals surface area contributed by atoms with Gasteiger partial charge in [-0.1, -0.05) is 24.8 Å². The van der Waals surface area contributed by atoms with Crippen molar-refractivity contribution in [2.45, 2.75) is 76.9 Å². The molecule has 74 heavy (non-hydrogen) atoms. The highest BCUT2D eigenvalue weighted by molar-refractivity contribution is 6.09. The highest BCUT2D eigenvalue weighted by atomic mass is 16.7.